The Labute approximate surface area is 134 Å². The highest BCUT2D eigenvalue weighted by Gasteiger charge is 2.08. The first kappa shape index (κ1) is 16.5. The minimum absolute atomic E-state index is 0.274. The molecule has 0 bridgehead atoms. The van der Waals surface area contributed by atoms with Crippen LogP contribution < -0.4 is 5.48 Å². The van der Waals surface area contributed by atoms with E-state index in [0.29, 0.717) is 9.92 Å². The van der Waals surface area contributed by atoms with Crippen LogP contribution in [0.2, 0.25) is 5.02 Å². The minimum Gasteiger partial charge on any atom is -0.288 e. The molecule has 0 radical (unpaired) electrons. The molecule has 2 aromatic rings. The highest BCUT2D eigenvalue weighted by atomic mass is 35.5. The van der Waals surface area contributed by atoms with E-state index < -0.39 is 15.6 Å². The third-order valence-electron chi connectivity index (χ3n) is 3.04. The van der Waals surface area contributed by atoms with E-state index in [9.17, 15) is 9.00 Å². The zero-order chi connectivity index (χ0) is 16.2. The van der Waals surface area contributed by atoms with Gasteiger partial charge >= 0.3 is 0 Å². The van der Waals surface area contributed by atoms with E-state index in [0.717, 1.165) is 5.56 Å². The molecule has 0 aliphatic carbocycles. The molecule has 7 heteroatoms. The first-order valence-corrected chi connectivity index (χ1v) is 8.69. The van der Waals surface area contributed by atoms with Gasteiger partial charge in [-0.05, 0) is 42.0 Å². The standard InChI is InChI=1S/C15H15ClN2O3S/c1-22(21,17-10-11-3-2-4-13(16)9-11)14-7-5-12(6-8-14)15(19)18-20/h2-9,20H,10H2,1H3,(H,18,19). The van der Waals surface area contributed by atoms with E-state index in [1.54, 1.807) is 36.0 Å². The molecule has 0 aliphatic heterocycles. The number of nitrogens with one attached hydrogen (secondary N) is 1. The van der Waals surface area contributed by atoms with Crippen molar-refractivity contribution < 1.29 is 14.2 Å². The lowest BCUT2D eigenvalue weighted by Gasteiger charge is -2.06. The molecule has 1 unspecified atom stereocenters. The van der Waals surface area contributed by atoms with E-state index in [-0.39, 0.29) is 12.1 Å². The van der Waals surface area contributed by atoms with Gasteiger partial charge in [0.1, 0.15) is 0 Å². The van der Waals surface area contributed by atoms with Crippen LogP contribution in [0.15, 0.2) is 57.8 Å². The Morgan fingerprint density at radius 1 is 1.27 bits per heavy atom. The highest BCUT2D eigenvalue weighted by molar-refractivity contribution is 7.93. The van der Waals surface area contributed by atoms with Crippen molar-refractivity contribution in [2.24, 2.45) is 4.36 Å². The lowest BCUT2D eigenvalue weighted by atomic mass is 10.2. The van der Waals surface area contributed by atoms with Gasteiger partial charge in [0.25, 0.3) is 5.91 Å². The van der Waals surface area contributed by atoms with Gasteiger partial charge in [0.2, 0.25) is 0 Å². The fourth-order valence-corrected chi connectivity index (χ4v) is 3.23. The van der Waals surface area contributed by atoms with E-state index in [1.165, 1.54) is 12.1 Å². The molecule has 22 heavy (non-hydrogen) atoms. The Morgan fingerprint density at radius 3 is 2.55 bits per heavy atom. The van der Waals surface area contributed by atoms with Crippen molar-refractivity contribution in [1.82, 2.24) is 5.48 Å². The summed E-state index contributed by atoms with van der Waals surface area (Å²) in [7, 11) is -2.58. The molecule has 0 saturated heterocycles. The number of benzene rings is 2. The summed E-state index contributed by atoms with van der Waals surface area (Å²) >= 11 is 5.90. The maximum Gasteiger partial charge on any atom is 0.274 e. The fraction of sp³-hybridized carbons (Fsp3) is 0.133. The second kappa shape index (κ2) is 6.91. The zero-order valence-corrected chi connectivity index (χ0v) is 13.4. The summed E-state index contributed by atoms with van der Waals surface area (Å²) in [5.41, 5.74) is 2.69. The zero-order valence-electron chi connectivity index (χ0n) is 11.8. The number of halogens is 1. The van der Waals surface area contributed by atoms with Gasteiger partial charge < -0.3 is 0 Å². The Balaban J connectivity index is 2.24. The van der Waals surface area contributed by atoms with Gasteiger partial charge in [-0.3, -0.25) is 10.0 Å². The number of hydrogen-bond acceptors (Lipinski definition) is 4. The molecule has 0 spiro atoms. The molecule has 1 atom stereocenters. The summed E-state index contributed by atoms with van der Waals surface area (Å²) in [5, 5.41) is 9.17. The van der Waals surface area contributed by atoms with Crippen LogP contribution >= 0.6 is 11.6 Å². The topological polar surface area (TPSA) is 78.8 Å². The Morgan fingerprint density at radius 2 is 1.95 bits per heavy atom. The van der Waals surface area contributed by atoms with Crippen LogP contribution in [0.3, 0.4) is 0 Å². The van der Waals surface area contributed by atoms with Crippen LogP contribution in [-0.2, 0) is 16.3 Å². The van der Waals surface area contributed by atoms with E-state index >= 15 is 0 Å². The average molecular weight is 339 g/mol. The molecule has 0 heterocycles. The average Bonchev–Trinajstić information content (AvgIpc) is 2.52. The van der Waals surface area contributed by atoms with Crippen LogP contribution in [0.4, 0.5) is 0 Å². The van der Waals surface area contributed by atoms with Gasteiger partial charge in [-0.2, -0.15) is 0 Å². The summed E-state index contributed by atoms with van der Waals surface area (Å²) in [6.45, 7) is 0.286. The quantitative estimate of drug-likeness (QED) is 0.664. The van der Waals surface area contributed by atoms with Crippen molar-refractivity contribution in [2.75, 3.05) is 6.26 Å². The van der Waals surface area contributed by atoms with Crippen LogP contribution in [0.25, 0.3) is 0 Å². The minimum atomic E-state index is -2.58. The van der Waals surface area contributed by atoms with Gasteiger partial charge in [-0.15, -0.1) is 0 Å². The van der Waals surface area contributed by atoms with Crippen molar-refractivity contribution in [1.29, 1.82) is 0 Å². The molecule has 2 aromatic carbocycles. The predicted octanol–water partition coefficient (Wildman–Crippen LogP) is 3.12. The van der Waals surface area contributed by atoms with Gasteiger partial charge in [0.05, 0.1) is 16.3 Å². The first-order valence-electron chi connectivity index (χ1n) is 6.39. The monoisotopic (exact) mass is 338 g/mol. The van der Waals surface area contributed by atoms with Gasteiger partial charge in [-0.1, -0.05) is 23.7 Å². The third kappa shape index (κ3) is 4.07. The van der Waals surface area contributed by atoms with Crippen molar-refractivity contribution in [3.8, 4) is 0 Å². The SMILES string of the molecule is CS(=O)(=NCc1cccc(Cl)c1)c1ccc(C(=O)NO)cc1. The number of carbonyl (C=O) groups excluding carboxylic acids is 1. The summed E-state index contributed by atoms with van der Waals surface area (Å²) < 4.78 is 16.9. The number of amides is 1. The maximum atomic E-state index is 12.6. The number of hydrogen-bond donors (Lipinski definition) is 2. The summed E-state index contributed by atoms with van der Waals surface area (Å²) in [4.78, 5) is 11.8. The normalized spacial score (nSPS) is 13.2. The molecule has 0 aliphatic rings. The van der Waals surface area contributed by atoms with E-state index in [2.05, 4.69) is 4.36 Å². The molecule has 2 rings (SSSR count). The van der Waals surface area contributed by atoms with Gasteiger partial charge in [0, 0.05) is 21.7 Å². The smallest absolute Gasteiger partial charge is 0.274 e. The fourth-order valence-electron chi connectivity index (χ4n) is 1.83. The van der Waals surface area contributed by atoms with E-state index in [4.69, 9.17) is 16.8 Å². The molecule has 1 amide bonds. The molecule has 0 aromatic heterocycles. The van der Waals surface area contributed by atoms with Crippen molar-refractivity contribution >= 4 is 27.2 Å². The van der Waals surface area contributed by atoms with Crippen LogP contribution in [0, 0.1) is 0 Å². The van der Waals surface area contributed by atoms with Gasteiger partial charge in [-0.25, -0.2) is 14.1 Å². The number of nitrogens with zero attached hydrogens (tertiary/aromatic N) is 1. The van der Waals surface area contributed by atoms with Crippen LogP contribution in [0.1, 0.15) is 15.9 Å². The Kier molecular flexibility index (Phi) is 5.18. The third-order valence-corrected chi connectivity index (χ3v) is 5.04. The van der Waals surface area contributed by atoms with Crippen LogP contribution in [0.5, 0.6) is 0 Å². The molecular weight excluding hydrogens is 324 g/mol. The summed E-state index contributed by atoms with van der Waals surface area (Å²) in [6.07, 6.45) is 1.54. The largest absolute Gasteiger partial charge is 0.288 e. The lowest BCUT2D eigenvalue weighted by Crippen LogP contribution is -2.18. The number of rotatable bonds is 4. The Hall–Kier alpha value is -1.89. The molecular formula is C15H15ClN2O3S. The van der Waals surface area contributed by atoms with Crippen molar-refractivity contribution in [2.45, 2.75) is 11.4 Å². The highest BCUT2D eigenvalue weighted by Crippen LogP contribution is 2.16. The maximum absolute atomic E-state index is 12.6. The van der Waals surface area contributed by atoms with Crippen molar-refractivity contribution in [3.05, 3.63) is 64.7 Å². The first-order chi connectivity index (χ1) is 10.4. The molecule has 5 nitrogen and oxygen atoms in total. The molecule has 0 saturated carbocycles. The van der Waals surface area contributed by atoms with Crippen LogP contribution in [-0.4, -0.2) is 21.6 Å². The second-order valence-electron chi connectivity index (χ2n) is 4.68. The molecule has 116 valence electrons. The van der Waals surface area contributed by atoms with Gasteiger partial charge in [0.15, 0.2) is 0 Å². The lowest BCUT2D eigenvalue weighted by molar-refractivity contribution is 0.0706. The molecule has 0 fully saturated rings. The number of carbonyl (C=O) groups is 1. The summed E-state index contributed by atoms with van der Waals surface area (Å²) in [6, 6.07) is 13.3. The number of hydroxylamine groups is 1. The Bertz CT molecular complexity index is 797. The molecule has 2 N–H and O–H groups in total. The summed E-state index contributed by atoms with van der Waals surface area (Å²) in [5.74, 6) is -0.620. The predicted molar refractivity (Wildman–Crippen MR) is 85.6 cm³/mol. The second-order valence-corrected chi connectivity index (χ2v) is 7.46. The van der Waals surface area contributed by atoms with E-state index in [1.807, 2.05) is 12.1 Å². The van der Waals surface area contributed by atoms with Crippen molar-refractivity contribution in [3.63, 3.8) is 0 Å².